The van der Waals surface area contributed by atoms with Gasteiger partial charge in [0.15, 0.2) is 0 Å². The summed E-state index contributed by atoms with van der Waals surface area (Å²) in [4.78, 5) is 2.48. The number of rotatable bonds is 3. The van der Waals surface area contributed by atoms with Crippen LogP contribution in [0.15, 0.2) is 24.3 Å². The fraction of sp³-hybridized carbons (Fsp3) is 0.647. The zero-order valence-electron chi connectivity index (χ0n) is 12.5. The van der Waals surface area contributed by atoms with Gasteiger partial charge >= 0.3 is 0 Å². The molecular weight excluding hydrogens is 250 g/mol. The first-order valence-electron chi connectivity index (χ1n) is 7.80. The summed E-state index contributed by atoms with van der Waals surface area (Å²) < 4.78 is 5.58. The summed E-state index contributed by atoms with van der Waals surface area (Å²) in [5.74, 6) is 0.863. The van der Waals surface area contributed by atoms with Gasteiger partial charge in [0.25, 0.3) is 0 Å². The van der Waals surface area contributed by atoms with E-state index in [0.717, 1.165) is 24.2 Å². The van der Waals surface area contributed by atoms with Crippen LogP contribution in [0.4, 0.5) is 0 Å². The van der Waals surface area contributed by atoms with Crippen molar-refractivity contribution in [2.75, 3.05) is 13.7 Å². The van der Waals surface area contributed by atoms with E-state index in [2.05, 4.69) is 11.9 Å². The van der Waals surface area contributed by atoms with Crippen molar-refractivity contribution in [2.24, 2.45) is 0 Å². The molecule has 0 radical (unpaired) electrons. The Kier molecular flexibility index (Phi) is 3.74. The minimum absolute atomic E-state index is 0.517. The van der Waals surface area contributed by atoms with Crippen molar-refractivity contribution in [3.63, 3.8) is 0 Å². The van der Waals surface area contributed by atoms with Crippen LogP contribution in [0.1, 0.15) is 44.6 Å². The average molecular weight is 275 g/mol. The molecule has 3 rings (SSSR count). The molecule has 2 heterocycles. The Bertz CT molecular complexity index is 460. The van der Waals surface area contributed by atoms with E-state index in [0.29, 0.717) is 18.7 Å². The van der Waals surface area contributed by atoms with Gasteiger partial charge in [-0.15, -0.1) is 0 Å². The molecule has 20 heavy (non-hydrogen) atoms. The van der Waals surface area contributed by atoms with E-state index in [9.17, 15) is 5.11 Å². The SMILES string of the molecule is CCOc1cccc(C2(O)CC3CCCC(C2)N3C)c1. The zero-order chi connectivity index (χ0) is 14.2. The molecule has 2 bridgehead atoms. The first-order valence-corrected chi connectivity index (χ1v) is 7.80. The number of hydrogen-bond donors (Lipinski definition) is 1. The average Bonchev–Trinajstić information content (AvgIpc) is 2.42. The van der Waals surface area contributed by atoms with Crippen molar-refractivity contribution in [2.45, 2.75) is 56.7 Å². The molecule has 0 spiro atoms. The molecule has 0 aliphatic carbocycles. The van der Waals surface area contributed by atoms with Crippen LogP contribution in [-0.4, -0.2) is 35.7 Å². The van der Waals surface area contributed by atoms with Gasteiger partial charge in [0.05, 0.1) is 12.2 Å². The molecule has 1 aromatic carbocycles. The number of benzene rings is 1. The molecule has 1 N–H and O–H groups in total. The van der Waals surface area contributed by atoms with Gasteiger partial charge in [0.2, 0.25) is 0 Å². The van der Waals surface area contributed by atoms with E-state index in [-0.39, 0.29) is 0 Å². The third kappa shape index (κ3) is 2.45. The number of hydrogen-bond acceptors (Lipinski definition) is 3. The summed E-state index contributed by atoms with van der Waals surface area (Å²) in [7, 11) is 2.21. The second-order valence-corrected chi connectivity index (χ2v) is 6.30. The number of ether oxygens (including phenoxy) is 1. The predicted molar refractivity (Wildman–Crippen MR) is 79.9 cm³/mol. The normalized spacial score (nSPS) is 34.0. The fourth-order valence-electron chi connectivity index (χ4n) is 3.93. The van der Waals surface area contributed by atoms with Crippen molar-refractivity contribution in [1.29, 1.82) is 0 Å². The largest absolute Gasteiger partial charge is 0.494 e. The maximum Gasteiger partial charge on any atom is 0.119 e. The molecule has 2 atom stereocenters. The smallest absolute Gasteiger partial charge is 0.119 e. The van der Waals surface area contributed by atoms with Crippen LogP contribution in [0.5, 0.6) is 5.75 Å². The Labute approximate surface area is 121 Å². The third-order valence-electron chi connectivity index (χ3n) is 5.06. The van der Waals surface area contributed by atoms with Crippen LogP contribution in [0, 0.1) is 0 Å². The van der Waals surface area contributed by atoms with Gasteiger partial charge in [-0.3, -0.25) is 0 Å². The van der Waals surface area contributed by atoms with Crippen LogP contribution in [-0.2, 0) is 5.60 Å². The summed E-state index contributed by atoms with van der Waals surface area (Å²) in [6.07, 6.45) is 5.40. The second-order valence-electron chi connectivity index (χ2n) is 6.30. The lowest BCUT2D eigenvalue weighted by molar-refractivity contribution is -0.0875. The minimum atomic E-state index is -0.685. The Morgan fingerprint density at radius 3 is 2.65 bits per heavy atom. The third-order valence-corrected chi connectivity index (χ3v) is 5.06. The summed E-state index contributed by atoms with van der Waals surface area (Å²) in [6, 6.07) is 9.05. The number of piperidine rings is 2. The minimum Gasteiger partial charge on any atom is -0.494 e. The molecule has 1 aromatic rings. The first-order chi connectivity index (χ1) is 9.62. The lowest BCUT2D eigenvalue weighted by Crippen LogP contribution is -2.55. The van der Waals surface area contributed by atoms with Gasteiger partial charge in [-0.25, -0.2) is 0 Å². The van der Waals surface area contributed by atoms with E-state index >= 15 is 0 Å². The van der Waals surface area contributed by atoms with Crippen LogP contribution in [0.2, 0.25) is 0 Å². The van der Waals surface area contributed by atoms with Crippen molar-refractivity contribution in [3.05, 3.63) is 29.8 Å². The topological polar surface area (TPSA) is 32.7 Å². The molecule has 2 unspecified atom stereocenters. The van der Waals surface area contributed by atoms with Crippen LogP contribution < -0.4 is 4.74 Å². The Hall–Kier alpha value is -1.06. The van der Waals surface area contributed by atoms with Crippen LogP contribution >= 0.6 is 0 Å². The van der Waals surface area contributed by atoms with Crippen molar-refractivity contribution in [1.82, 2.24) is 4.90 Å². The highest BCUT2D eigenvalue weighted by Gasteiger charge is 2.44. The summed E-state index contributed by atoms with van der Waals surface area (Å²) in [5.41, 5.74) is 0.337. The Morgan fingerprint density at radius 1 is 1.30 bits per heavy atom. The van der Waals surface area contributed by atoms with E-state index < -0.39 is 5.60 Å². The molecule has 3 nitrogen and oxygen atoms in total. The zero-order valence-corrected chi connectivity index (χ0v) is 12.5. The van der Waals surface area contributed by atoms with Crippen molar-refractivity contribution < 1.29 is 9.84 Å². The van der Waals surface area contributed by atoms with Gasteiger partial charge in [0, 0.05) is 12.1 Å². The van der Waals surface area contributed by atoms with Gasteiger partial charge in [-0.1, -0.05) is 18.6 Å². The Balaban J connectivity index is 1.87. The lowest BCUT2D eigenvalue weighted by atomic mass is 9.73. The van der Waals surface area contributed by atoms with Crippen molar-refractivity contribution in [3.8, 4) is 5.75 Å². The molecule has 2 saturated heterocycles. The summed E-state index contributed by atoms with van der Waals surface area (Å²) >= 11 is 0. The lowest BCUT2D eigenvalue weighted by Gasteiger charge is -2.50. The highest BCUT2D eigenvalue weighted by atomic mass is 16.5. The highest BCUT2D eigenvalue weighted by molar-refractivity contribution is 5.33. The molecule has 110 valence electrons. The molecular formula is C17H25NO2. The van der Waals surface area contributed by atoms with E-state index in [1.807, 2.05) is 31.2 Å². The van der Waals surface area contributed by atoms with Gasteiger partial charge < -0.3 is 14.7 Å². The van der Waals surface area contributed by atoms with E-state index in [1.165, 1.54) is 19.3 Å². The molecule has 0 amide bonds. The monoisotopic (exact) mass is 275 g/mol. The first kappa shape index (κ1) is 13.9. The molecule has 0 aromatic heterocycles. The quantitative estimate of drug-likeness (QED) is 0.920. The van der Waals surface area contributed by atoms with E-state index in [1.54, 1.807) is 0 Å². The highest BCUT2D eigenvalue weighted by Crippen LogP contribution is 2.44. The fourth-order valence-corrected chi connectivity index (χ4v) is 3.93. The maximum atomic E-state index is 11.2. The maximum absolute atomic E-state index is 11.2. The standard InChI is InChI=1S/C17H25NO2/c1-3-20-16-9-4-6-13(10-16)17(19)11-14-7-5-8-15(12-17)18(14)2/h4,6,9-10,14-15,19H,3,5,7-8,11-12H2,1-2H3. The van der Waals surface area contributed by atoms with Gasteiger partial charge in [0.1, 0.15) is 5.75 Å². The predicted octanol–water partition coefficient (Wildman–Crippen LogP) is 2.92. The molecule has 0 saturated carbocycles. The molecule has 2 aliphatic heterocycles. The van der Waals surface area contributed by atoms with E-state index in [4.69, 9.17) is 4.74 Å². The second kappa shape index (κ2) is 5.38. The van der Waals surface area contributed by atoms with Gasteiger partial charge in [-0.2, -0.15) is 0 Å². The number of aliphatic hydroxyl groups is 1. The number of nitrogens with zero attached hydrogens (tertiary/aromatic N) is 1. The summed E-state index contributed by atoms with van der Waals surface area (Å²) in [6.45, 7) is 2.65. The van der Waals surface area contributed by atoms with Crippen LogP contribution in [0.25, 0.3) is 0 Å². The van der Waals surface area contributed by atoms with Crippen molar-refractivity contribution >= 4 is 0 Å². The van der Waals surface area contributed by atoms with Crippen LogP contribution in [0.3, 0.4) is 0 Å². The molecule has 2 aliphatic rings. The Morgan fingerprint density at radius 2 is 2.00 bits per heavy atom. The summed E-state index contributed by atoms with van der Waals surface area (Å²) in [5, 5.41) is 11.2. The molecule has 3 heteroatoms. The molecule has 2 fully saturated rings. The number of fused-ring (bicyclic) bond motifs is 2. The van der Waals surface area contributed by atoms with Gasteiger partial charge in [-0.05, 0) is 57.4 Å².